The van der Waals surface area contributed by atoms with Crippen molar-refractivity contribution in [2.24, 2.45) is 0 Å². The molecule has 1 aromatic carbocycles. The van der Waals surface area contributed by atoms with E-state index in [-0.39, 0.29) is 5.91 Å². The molecular formula is C12H13NO. The highest BCUT2D eigenvalue weighted by Crippen LogP contribution is 2.19. The highest BCUT2D eigenvalue weighted by Gasteiger charge is 2.15. The standard InChI is InChI=1S/C12H13NO/c1-13-9-11(7-8-12(13)14)10-5-3-2-4-6-10/h2-7H,8-9H2,1H3. The zero-order chi connectivity index (χ0) is 9.97. The van der Waals surface area contributed by atoms with E-state index in [0.29, 0.717) is 6.42 Å². The van der Waals surface area contributed by atoms with Crippen molar-refractivity contribution >= 4 is 11.5 Å². The van der Waals surface area contributed by atoms with Gasteiger partial charge in [0.25, 0.3) is 0 Å². The molecule has 2 heteroatoms. The third-order valence-electron chi connectivity index (χ3n) is 2.50. The Morgan fingerprint density at radius 1 is 1.21 bits per heavy atom. The first kappa shape index (κ1) is 9.00. The quantitative estimate of drug-likeness (QED) is 0.658. The van der Waals surface area contributed by atoms with Crippen molar-refractivity contribution in [1.29, 1.82) is 0 Å². The molecule has 1 aliphatic rings. The van der Waals surface area contributed by atoms with Gasteiger partial charge in [0.1, 0.15) is 0 Å². The molecule has 1 amide bonds. The largest absolute Gasteiger partial charge is 0.341 e. The normalized spacial score (nSPS) is 16.8. The molecule has 0 aliphatic carbocycles. The summed E-state index contributed by atoms with van der Waals surface area (Å²) in [7, 11) is 1.85. The second-order valence-electron chi connectivity index (χ2n) is 3.55. The maximum Gasteiger partial charge on any atom is 0.226 e. The Morgan fingerprint density at radius 2 is 1.93 bits per heavy atom. The second kappa shape index (κ2) is 3.66. The van der Waals surface area contributed by atoms with Gasteiger partial charge in [-0.05, 0) is 11.1 Å². The molecule has 1 aromatic rings. The smallest absolute Gasteiger partial charge is 0.226 e. The van der Waals surface area contributed by atoms with Crippen LogP contribution in [-0.2, 0) is 4.79 Å². The van der Waals surface area contributed by atoms with E-state index in [4.69, 9.17) is 0 Å². The van der Waals surface area contributed by atoms with E-state index in [1.165, 1.54) is 11.1 Å². The summed E-state index contributed by atoms with van der Waals surface area (Å²) in [6, 6.07) is 10.2. The highest BCUT2D eigenvalue weighted by atomic mass is 16.2. The third kappa shape index (κ3) is 1.69. The molecule has 0 unspecified atom stereocenters. The number of likely N-dealkylation sites (N-methyl/N-ethyl adjacent to an activating group) is 1. The average molecular weight is 187 g/mol. The van der Waals surface area contributed by atoms with Crippen molar-refractivity contribution in [2.75, 3.05) is 13.6 Å². The summed E-state index contributed by atoms with van der Waals surface area (Å²) < 4.78 is 0. The molecule has 14 heavy (non-hydrogen) atoms. The van der Waals surface area contributed by atoms with E-state index in [1.807, 2.05) is 31.3 Å². The first-order valence-corrected chi connectivity index (χ1v) is 4.76. The maximum absolute atomic E-state index is 11.3. The predicted molar refractivity (Wildman–Crippen MR) is 56.7 cm³/mol. The van der Waals surface area contributed by atoms with Gasteiger partial charge in [-0.15, -0.1) is 0 Å². The lowest BCUT2D eigenvalue weighted by molar-refractivity contribution is -0.128. The van der Waals surface area contributed by atoms with Crippen LogP contribution in [0, 0.1) is 0 Å². The fraction of sp³-hybridized carbons (Fsp3) is 0.250. The minimum Gasteiger partial charge on any atom is -0.341 e. The van der Waals surface area contributed by atoms with Crippen molar-refractivity contribution < 1.29 is 4.79 Å². The molecule has 0 atom stereocenters. The van der Waals surface area contributed by atoms with E-state index >= 15 is 0 Å². The highest BCUT2D eigenvalue weighted by molar-refractivity contribution is 5.85. The van der Waals surface area contributed by atoms with E-state index < -0.39 is 0 Å². The zero-order valence-electron chi connectivity index (χ0n) is 8.23. The SMILES string of the molecule is CN1CC(c2ccccc2)=CCC1=O. The Morgan fingerprint density at radius 3 is 2.57 bits per heavy atom. The van der Waals surface area contributed by atoms with Gasteiger partial charge in [-0.2, -0.15) is 0 Å². The van der Waals surface area contributed by atoms with Gasteiger partial charge in [-0.25, -0.2) is 0 Å². The van der Waals surface area contributed by atoms with E-state index in [2.05, 4.69) is 12.1 Å². The Kier molecular flexibility index (Phi) is 2.35. The molecule has 0 spiro atoms. The van der Waals surface area contributed by atoms with Gasteiger partial charge in [0.05, 0.1) is 0 Å². The van der Waals surface area contributed by atoms with Gasteiger partial charge < -0.3 is 4.90 Å². The Hall–Kier alpha value is -1.57. The Labute approximate surface area is 83.8 Å². The minimum absolute atomic E-state index is 0.199. The number of carbonyl (C=O) groups excluding carboxylic acids is 1. The first-order chi connectivity index (χ1) is 6.77. The fourth-order valence-corrected chi connectivity index (χ4v) is 1.64. The number of rotatable bonds is 1. The topological polar surface area (TPSA) is 20.3 Å². The summed E-state index contributed by atoms with van der Waals surface area (Å²) >= 11 is 0. The van der Waals surface area contributed by atoms with Crippen molar-refractivity contribution in [3.05, 3.63) is 42.0 Å². The van der Waals surface area contributed by atoms with Gasteiger partial charge in [0.2, 0.25) is 5.91 Å². The summed E-state index contributed by atoms with van der Waals surface area (Å²) in [6.07, 6.45) is 2.55. The van der Waals surface area contributed by atoms with Crippen molar-refractivity contribution in [2.45, 2.75) is 6.42 Å². The molecule has 0 fully saturated rings. The number of benzene rings is 1. The van der Waals surface area contributed by atoms with Gasteiger partial charge in [-0.3, -0.25) is 4.79 Å². The third-order valence-corrected chi connectivity index (χ3v) is 2.50. The van der Waals surface area contributed by atoms with Crippen molar-refractivity contribution in [3.63, 3.8) is 0 Å². The summed E-state index contributed by atoms with van der Waals surface area (Å²) in [5.41, 5.74) is 2.46. The number of hydrogen-bond acceptors (Lipinski definition) is 1. The molecule has 2 nitrogen and oxygen atoms in total. The van der Waals surface area contributed by atoms with E-state index in [9.17, 15) is 4.79 Å². The predicted octanol–water partition coefficient (Wildman–Crippen LogP) is 1.93. The minimum atomic E-state index is 0.199. The molecule has 0 N–H and O–H groups in total. The van der Waals surface area contributed by atoms with Crippen molar-refractivity contribution in [1.82, 2.24) is 4.90 Å². The number of amides is 1. The number of nitrogens with zero attached hydrogens (tertiary/aromatic N) is 1. The summed E-state index contributed by atoms with van der Waals surface area (Å²) in [5, 5.41) is 0. The van der Waals surface area contributed by atoms with Crippen molar-refractivity contribution in [3.8, 4) is 0 Å². The lowest BCUT2D eigenvalue weighted by Gasteiger charge is -2.23. The Bertz CT molecular complexity index is 367. The molecule has 1 heterocycles. The molecular weight excluding hydrogens is 174 g/mol. The second-order valence-corrected chi connectivity index (χ2v) is 3.55. The molecule has 0 aromatic heterocycles. The molecule has 0 saturated carbocycles. The molecule has 0 radical (unpaired) electrons. The molecule has 0 bridgehead atoms. The Balaban J connectivity index is 2.25. The molecule has 1 aliphatic heterocycles. The lowest BCUT2D eigenvalue weighted by atomic mass is 10.0. The van der Waals surface area contributed by atoms with Gasteiger partial charge >= 0.3 is 0 Å². The van der Waals surface area contributed by atoms with Gasteiger partial charge in [0.15, 0.2) is 0 Å². The summed E-state index contributed by atoms with van der Waals surface area (Å²) in [5.74, 6) is 0.199. The van der Waals surface area contributed by atoms with Crippen LogP contribution < -0.4 is 0 Å². The zero-order valence-corrected chi connectivity index (χ0v) is 8.23. The van der Waals surface area contributed by atoms with Crippen LogP contribution in [0.5, 0.6) is 0 Å². The van der Waals surface area contributed by atoms with Gasteiger partial charge in [-0.1, -0.05) is 36.4 Å². The van der Waals surface area contributed by atoms with Crippen LogP contribution in [0.2, 0.25) is 0 Å². The van der Waals surface area contributed by atoms with Gasteiger partial charge in [0, 0.05) is 20.0 Å². The van der Waals surface area contributed by atoms with Crippen LogP contribution in [0.1, 0.15) is 12.0 Å². The van der Waals surface area contributed by atoms with Crippen LogP contribution in [0.3, 0.4) is 0 Å². The number of hydrogen-bond donors (Lipinski definition) is 0. The first-order valence-electron chi connectivity index (χ1n) is 4.76. The number of carbonyl (C=O) groups is 1. The monoisotopic (exact) mass is 187 g/mol. The van der Waals surface area contributed by atoms with E-state index in [0.717, 1.165) is 6.54 Å². The fourth-order valence-electron chi connectivity index (χ4n) is 1.64. The maximum atomic E-state index is 11.3. The van der Waals surface area contributed by atoms with Crippen LogP contribution >= 0.6 is 0 Å². The summed E-state index contributed by atoms with van der Waals surface area (Å²) in [6.45, 7) is 0.725. The van der Waals surface area contributed by atoms with E-state index in [1.54, 1.807) is 4.90 Å². The summed E-state index contributed by atoms with van der Waals surface area (Å²) in [4.78, 5) is 13.0. The molecule has 2 rings (SSSR count). The van der Waals surface area contributed by atoms with Crippen LogP contribution in [0.4, 0.5) is 0 Å². The molecule has 72 valence electrons. The lowest BCUT2D eigenvalue weighted by Crippen LogP contribution is -2.30. The van der Waals surface area contributed by atoms with Crippen LogP contribution in [0.15, 0.2) is 36.4 Å². The average Bonchev–Trinajstić information content (AvgIpc) is 2.23. The molecule has 0 saturated heterocycles. The van der Waals surface area contributed by atoms with Crippen LogP contribution in [-0.4, -0.2) is 24.4 Å². The van der Waals surface area contributed by atoms with Crippen LogP contribution in [0.25, 0.3) is 5.57 Å².